The fraction of sp³-hybridized carbons (Fsp3) is 0.480. The van der Waals surface area contributed by atoms with Crippen LogP contribution < -0.4 is 15.0 Å². The predicted octanol–water partition coefficient (Wildman–Crippen LogP) is 2.81. The number of hydrogen-bond acceptors (Lipinski definition) is 5. The Balaban J connectivity index is 1.29. The highest BCUT2D eigenvalue weighted by molar-refractivity contribution is 5.78. The van der Waals surface area contributed by atoms with E-state index in [1.807, 2.05) is 12.1 Å². The van der Waals surface area contributed by atoms with Gasteiger partial charge in [0.15, 0.2) is 0 Å². The maximum Gasteiger partial charge on any atom is 0.224 e. The molecule has 2 aliphatic rings. The summed E-state index contributed by atoms with van der Waals surface area (Å²) in [4.78, 5) is 16.7. The van der Waals surface area contributed by atoms with Crippen molar-refractivity contribution in [2.75, 3.05) is 58.4 Å². The minimum absolute atomic E-state index is 0.0531. The second kappa shape index (κ2) is 10.2. The number of methoxy groups -OCH3 is 1. The zero-order chi connectivity index (χ0) is 21.6. The van der Waals surface area contributed by atoms with Crippen LogP contribution in [0.15, 0.2) is 42.5 Å². The Kier molecular flexibility index (Phi) is 7.10. The number of piperazine rings is 1. The number of amides is 1. The summed E-state index contributed by atoms with van der Waals surface area (Å²) in [7, 11) is 3.38. The molecule has 1 atom stereocenters. The van der Waals surface area contributed by atoms with Crippen LogP contribution in [0.3, 0.4) is 0 Å². The minimum Gasteiger partial charge on any atom is -0.497 e. The zero-order valence-electron chi connectivity index (χ0n) is 18.6. The fourth-order valence-electron chi connectivity index (χ4n) is 4.54. The molecule has 31 heavy (non-hydrogen) atoms. The monoisotopic (exact) mass is 423 g/mol. The summed E-state index contributed by atoms with van der Waals surface area (Å²) in [6.07, 6.45) is 2.52. The van der Waals surface area contributed by atoms with E-state index in [1.54, 1.807) is 14.2 Å². The average molecular weight is 424 g/mol. The normalized spacial score (nSPS) is 19.0. The van der Waals surface area contributed by atoms with Gasteiger partial charge in [-0.3, -0.25) is 9.69 Å². The van der Waals surface area contributed by atoms with Crippen molar-refractivity contribution in [3.63, 3.8) is 0 Å². The Hall–Kier alpha value is -2.57. The molecule has 2 aliphatic heterocycles. The number of fused-ring (bicyclic) bond motifs is 1. The summed E-state index contributed by atoms with van der Waals surface area (Å²) < 4.78 is 11.4. The SMILES string of the molecule is CNC(=O)Cc1ccc2c(c1)CCOC2CCN1CCN(c2ccc(OC)cc2)CC1. The largest absolute Gasteiger partial charge is 0.497 e. The number of rotatable bonds is 7. The van der Waals surface area contributed by atoms with Crippen LogP contribution in [-0.2, 0) is 22.4 Å². The first-order valence-electron chi connectivity index (χ1n) is 11.2. The Morgan fingerprint density at radius 1 is 1.13 bits per heavy atom. The van der Waals surface area contributed by atoms with E-state index in [-0.39, 0.29) is 12.0 Å². The maximum absolute atomic E-state index is 11.7. The average Bonchev–Trinajstić information content (AvgIpc) is 2.83. The van der Waals surface area contributed by atoms with Gasteiger partial charge in [-0.05, 0) is 53.8 Å². The molecule has 0 saturated carbocycles. The van der Waals surface area contributed by atoms with Crippen molar-refractivity contribution in [1.29, 1.82) is 0 Å². The summed E-state index contributed by atoms with van der Waals surface area (Å²) in [5.41, 5.74) is 4.97. The van der Waals surface area contributed by atoms with Crippen LogP contribution in [0.4, 0.5) is 5.69 Å². The second-order valence-corrected chi connectivity index (χ2v) is 8.31. The molecule has 6 nitrogen and oxygen atoms in total. The Bertz CT molecular complexity index is 876. The van der Waals surface area contributed by atoms with Crippen LogP contribution in [0.5, 0.6) is 5.75 Å². The summed E-state index contributed by atoms with van der Waals surface area (Å²) in [6.45, 7) is 6.01. The third kappa shape index (κ3) is 5.38. The predicted molar refractivity (Wildman–Crippen MR) is 123 cm³/mol. The van der Waals surface area contributed by atoms with Gasteiger partial charge in [-0.2, -0.15) is 0 Å². The lowest BCUT2D eigenvalue weighted by atomic mass is 9.93. The highest BCUT2D eigenvalue weighted by Gasteiger charge is 2.23. The van der Waals surface area contributed by atoms with Gasteiger partial charge in [0.2, 0.25) is 5.91 Å². The number of hydrogen-bond donors (Lipinski definition) is 1. The third-order valence-corrected chi connectivity index (χ3v) is 6.41. The van der Waals surface area contributed by atoms with Crippen LogP contribution in [0.1, 0.15) is 29.2 Å². The molecule has 2 aromatic rings. The van der Waals surface area contributed by atoms with Crippen molar-refractivity contribution in [2.45, 2.75) is 25.4 Å². The second-order valence-electron chi connectivity index (χ2n) is 8.31. The van der Waals surface area contributed by atoms with Gasteiger partial charge in [-0.15, -0.1) is 0 Å². The topological polar surface area (TPSA) is 54.0 Å². The smallest absolute Gasteiger partial charge is 0.224 e. The number of nitrogens with one attached hydrogen (secondary N) is 1. The fourth-order valence-corrected chi connectivity index (χ4v) is 4.54. The van der Waals surface area contributed by atoms with Crippen molar-refractivity contribution in [1.82, 2.24) is 10.2 Å². The number of carbonyl (C=O) groups excluding carboxylic acids is 1. The number of ether oxygens (including phenoxy) is 2. The van der Waals surface area contributed by atoms with E-state index in [0.717, 1.165) is 63.5 Å². The minimum atomic E-state index is 0.0531. The number of carbonyl (C=O) groups is 1. The van der Waals surface area contributed by atoms with E-state index in [1.165, 1.54) is 16.8 Å². The van der Waals surface area contributed by atoms with Crippen molar-refractivity contribution >= 4 is 11.6 Å². The van der Waals surface area contributed by atoms with Crippen LogP contribution in [0.2, 0.25) is 0 Å². The van der Waals surface area contributed by atoms with Gasteiger partial charge in [0.1, 0.15) is 5.75 Å². The highest BCUT2D eigenvalue weighted by Crippen LogP contribution is 2.31. The molecule has 2 aromatic carbocycles. The molecule has 0 radical (unpaired) electrons. The van der Waals surface area contributed by atoms with Crippen LogP contribution in [0, 0.1) is 0 Å². The van der Waals surface area contributed by atoms with E-state index < -0.39 is 0 Å². The highest BCUT2D eigenvalue weighted by atomic mass is 16.5. The van der Waals surface area contributed by atoms with Crippen molar-refractivity contribution in [2.24, 2.45) is 0 Å². The molecular formula is C25H33N3O3. The Morgan fingerprint density at radius 2 is 1.90 bits per heavy atom. The van der Waals surface area contributed by atoms with Crippen LogP contribution in [0.25, 0.3) is 0 Å². The Labute approximate surface area is 185 Å². The summed E-state index contributed by atoms with van der Waals surface area (Å²) in [5, 5.41) is 2.70. The van der Waals surface area contributed by atoms with Crippen LogP contribution in [-0.4, -0.2) is 64.3 Å². The molecule has 0 aliphatic carbocycles. The molecule has 1 amide bonds. The van der Waals surface area contributed by atoms with Gasteiger partial charge in [0.25, 0.3) is 0 Å². The first-order chi connectivity index (χ1) is 15.2. The molecule has 1 saturated heterocycles. The van der Waals surface area contributed by atoms with Crippen LogP contribution >= 0.6 is 0 Å². The summed E-state index contributed by atoms with van der Waals surface area (Å²) >= 11 is 0. The number of anilines is 1. The first kappa shape index (κ1) is 21.7. The number of likely N-dealkylation sites (N-methyl/N-ethyl adjacent to an activating group) is 1. The molecule has 0 spiro atoms. The van der Waals surface area contributed by atoms with Gasteiger partial charge in [0, 0.05) is 45.5 Å². The maximum atomic E-state index is 11.7. The molecule has 1 N–H and O–H groups in total. The number of benzene rings is 2. The molecule has 1 fully saturated rings. The van der Waals surface area contributed by atoms with Gasteiger partial charge in [-0.25, -0.2) is 0 Å². The first-order valence-corrected chi connectivity index (χ1v) is 11.2. The lowest BCUT2D eigenvalue weighted by Crippen LogP contribution is -2.46. The van der Waals surface area contributed by atoms with Gasteiger partial charge >= 0.3 is 0 Å². The molecular weight excluding hydrogens is 390 g/mol. The van der Waals surface area contributed by atoms with Crippen molar-refractivity contribution in [3.05, 3.63) is 59.2 Å². The van der Waals surface area contributed by atoms with Gasteiger partial charge < -0.3 is 19.7 Å². The van der Waals surface area contributed by atoms with E-state index in [2.05, 4.69) is 45.4 Å². The molecule has 4 rings (SSSR count). The number of nitrogens with zero attached hydrogens (tertiary/aromatic N) is 2. The van der Waals surface area contributed by atoms with Gasteiger partial charge in [-0.1, -0.05) is 18.2 Å². The van der Waals surface area contributed by atoms with E-state index in [4.69, 9.17) is 9.47 Å². The third-order valence-electron chi connectivity index (χ3n) is 6.41. The summed E-state index contributed by atoms with van der Waals surface area (Å²) in [5.74, 6) is 0.952. The quantitative estimate of drug-likeness (QED) is 0.742. The molecule has 166 valence electrons. The lowest BCUT2D eigenvalue weighted by Gasteiger charge is -2.37. The summed E-state index contributed by atoms with van der Waals surface area (Å²) in [6, 6.07) is 14.8. The molecule has 6 heteroatoms. The van der Waals surface area contributed by atoms with E-state index >= 15 is 0 Å². The molecule has 1 unspecified atom stereocenters. The van der Waals surface area contributed by atoms with Gasteiger partial charge in [0.05, 0.1) is 26.2 Å². The van der Waals surface area contributed by atoms with Crippen molar-refractivity contribution in [3.8, 4) is 5.75 Å². The van der Waals surface area contributed by atoms with E-state index in [0.29, 0.717) is 6.42 Å². The molecule has 0 aromatic heterocycles. The lowest BCUT2D eigenvalue weighted by molar-refractivity contribution is -0.119. The standard InChI is InChI=1S/C25H33N3O3/c1-26-25(29)18-19-3-8-23-20(17-19)10-16-31-24(23)9-11-27-12-14-28(15-13-27)21-4-6-22(30-2)7-5-21/h3-8,17,24H,9-16,18H2,1-2H3,(H,26,29). The van der Waals surface area contributed by atoms with E-state index in [9.17, 15) is 4.79 Å². The molecule has 0 bridgehead atoms. The van der Waals surface area contributed by atoms with Crippen molar-refractivity contribution < 1.29 is 14.3 Å². The molecule has 2 heterocycles. The zero-order valence-corrected chi connectivity index (χ0v) is 18.6. The Morgan fingerprint density at radius 3 is 2.61 bits per heavy atom.